The lowest BCUT2D eigenvalue weighted by Crippen LogP contribution is -2.18. The molecule has 0 saturated carbocycles. The quantitative estimate of drug-likeness (QED) is 0.500. The summed E-state index contributed by atoms with van der Waals surface area (Å²) >= 11 is 0. The van der Waals surface area contributed by atoms with Crippen LogP contribution in [0.2, 0.25) is 0 Å². The highest BCUT2D eigenvalue weighted by atomic mass is 16.7. The van der Waals surface area contributed by atoms with Gasteiger partial charge in [-0.05, 0) is 18.9 Å². The normalized spacial score (nSPS) is 16.4. The topological polar surface area (TPSA) is 27.1 Å². The first-order valence-electron chi connectivity index (χ1n) is 2.98. The van der Waals surface area contributed by atoms with Crippen molar-refractivity contribution in [3.63, 3.8) is 0 Å². The van der Waals surface area contributed by atoms with Gasteiger partial charge >= 0.3 is 0 Å². The third kappa shape index (κ3) is 0.686. The van der Waals surface area contributed by atoms with Gasteiger partial charge in [-0.3, -0.25) is 0 Å². The fourth-order valence-corrected chi connectivity index (χ4v) is 0.922. The number of hydrogen-bond acceptors (Lipinski definition) is 2. The van der Waals surface area contributed by atoms with E-state index < -0.39 is 0 Å². The molecule has 0 unspecified atom stereocenters. The van der Waals surface area contributed by atoms with E-state index >= 15 is 0 Å². The predicted octanol–water partition coefficient (Wildman–Crippen LogP) is 0.420. The van der Waals surface area contributed by atoms with Crippen LogP contribution in [0.4, 0.5) is 0 Å². The Kier molecular flexibility index (Phi) is 0.946. The molecule has 0 aliphatic carbocycles. The first-order chi connectivity index (χ1) is 4.47. The molecule has 1 radical (unpaired) electrons. The van der Waals surface area contributed by atoms with Gasteiger partial charge in [0.1, 0.15) is 0 Å². The standard InChI is InChI=1S/C6H7N2O/c1-2-6-3-4-7-8(6)9-5-1/h3-5H,1-2H2. The number of aryl methyl sites for hydroxylation is 1. The van der Waals surface area contributed by atoms with Crippen LogP contribution in [-0.4, -0.2) is 9.94 Å². The van der Waals surface area contributed by atoms with Gasteiger partial charge in [-0.1, -0.05) is 0 Å². The fraction of sp³-hybridized carbons (Fsp3) is 0.333. The van der Waals surface area contributed by atoms with Crippen LogP contribution in [0.5, 0.6) is 0 Å². The average Bonchev–Trinajstić information content (AvgIpc) is 2.33. The molecular formula is C6H7N2O. The molecule has 0 fully saturated rings. The summed E-state index contributed by atoms with van der Waals surface area (Å²) in [6, 6.07) is 1.97. The second-order valence-electron chi connectivity index (χ2n) is 2.01. The summed E-state index contributed by atoms with van der Waals surface area (Å²) < 4.78 is 0. The number of rotatable bonds is 0. The summed E-state index contributed by atoms with van der Waals surface area (Å²) in [5.74, 6) is 0. The van der Waals surface area contributed by atoms with E-state index in [-0.39, 0.29) is 0 Å². The highest BCUT2D eigenvalue weighted by molar-refractivity contribution is 5.01. The molecule has 0 spiro atoms. The number of nitrogens with zero attached hydrogens (tertiary/aromatic N) is 2. The molecule has 9 heavy (non-hydrogen) atoms. The Morgan fingerprint density at radius 3 is 3.56 bits per heavy atom. The van der Waals surface area contributed by atoms with Crippen LogP contribution in [0.3, 0.4) is 0 Å². The van der Waals surface area contributed by atoms with Crippen molar-refractivity contribution < 1.29 is 4.84 Å². The van der Waals surface area contributed by atoms with Gasteiger partial charge in [-0.15, -0.1) is 9.94 Å². The molecule has 0 bridgehead atoms. The first-order valence-corrected chi connectivity index (χ1v) is 2.98. The molecule has 1 aliphatic rings. The minimum atomic E-state index is 0.992. The van der Waals surface area contributed by atoms with Crippen molar-refractivity contribution >= 4 is 0 Å². The lowest BCUT2D eigenvalue weighted by Gasteiger charge is -2.12. The average molecular weight is 123 g/mol. The van der Waals surface area contributed by atoms with Crippen LogP contribution in [0.25, 0.3) is 0 Å². The van der Waals surface area contributed by atoms with E-state index in [1.54, 1.807) is 17.6 Å². The number of aromatic nitrogens is 2. The van der Waals surface area contributed by atoms with Gasteiger partial charge in [0.05, 0.1) is 11.9 Å². The third-order valence-corrected chi connectivity index (χ3v) is 1.38. The van der Waals surface area contributed by atoms with Crippen LogP contribution >= 0.6 is 0 Å². The Balaban J connectivity index is 2.39. The monoisotopic (exact) mass is 123 g/mol. The minimum Gasteiger partial charge on any atom is -0.389 e. The van der Waals surface area contributed by atoms with Crippen molar-refractivity contribution in [2.75, 3.05) is 0 Å². The van der Waals surface area contributed by atoms with Gasteiger partial charge in [-0.2, -0.15) is 0 Å². The maximum atomic E-state index is 5.04. The number of hydrogen-bond donors (Lipinski definition) is 0. The molecule has 1 aromatic rings. The van der Waals surface area contributed by atoms with Crippen LogP contribution in [0.1, 0.15) is 12.1 Å². The minimum absolute atomic E-state index is 0.992. The summed E-state index contributed by atoms with van der Waals surface area (Å²) in [4.78, 5) is 6.59. The molecule has 3 nitrogen and oxygen atoms in total. The van der Waals surface area contributed by atoms with Crippen molar-refractivity contribution in [3.8, 4) is 0 Å². The summed E-state index contributed by atoms with van der Waals surface area (Å²) in [6.45, 7) is 1.76. The molecule has 2 rings (SSSR count). The van der Waals surface area contributed by atoms with E-state index in [0.717, 1.165) is 18.5 Å². The zero-order valence-electron chi connectivity index (χ0n) is 4.95. The predicted molar refractivity (Wildman–Crippen MR) is 31.4 cm³/mol. The van der Waals surface area contributed by atoms with Crippen molar-refractivity contribution in [3.05, 3.63) is 24.6 Å². The van der Waals surface area contributed by atoms with Crippen molar-refractivity contribution in [1.82, 2.24) is 9.94 Å². The molecule has 0 N–H and O–H groups in total. The van der Waals surface area contributed by atoms with E-state index in [0.29, 0.717) is 0 Å². The van der Waals surface area contributed by atoms with Crippen molar-refractivity contribution in [1.29, 1.82) is 0 Å². The van der Waals surface area contributed by atoms with Crippen LogP contribution in [0, 0.1) is 6.61 Å². The Morgan fingerprint density at radius 1 is 1.67 bits per heavy atom. The van der Waals surface area contributed by atoms with E-state index in [4.69, 9.17) is 4.84 Å². The maximum absolute atomic E-state index is 5.04. The van der Waals surface area contributed by atoms with Crippen LogP contribution in [0.15, 0.2) is 12.3 Å². The van der Waals surface area contributed by atoms with Gasteiger partial charge in [0.2, 0.25) is 0 Å². The van der Waals surface area contributed by atoms with E-state index in [1.807, 2.05) is 6.07 Å². The smallest absolute Gasteiger partial charge is 0.167 e. The number of fused-ring (bicyclic) bond motifs is 1. The molecule has 0 amide bonds. The van der Waals surface area contributed by atoms with E-state index in [1.165, 1.54) is 0 Å². The lowest BCUT2D eigenvalue weighted by molar-refractivity contribution is 0.105. The lowest BCUT2D eigenvalue weighted by atomic mass is 10.2. The Labute approximate surface area is 53.2 Å². The molecule has 0 aromatic carbocycles. The van der Waals surface area contributed by atoms with Crippen LogP contribution < -0.4 is 4.84 Å². The highest BCUT2D eigenvalue weighted by Gasteiger charge is 2.08. The molecule has 1 aliphatic heterocycles. The summed E-state index contributed by atoms with van der Waals surface area (Å²) in [6.07, 6.45) is 3.78. The molecule has 2 heterocycles. The summed E-state index contributed by atoms with van der Waals surface area (Å²) in [7, 11) is 0. The van der Waals surface area contributed by atoms with Gasteiger partial charge in [0.15, 0.2) is 6.61 Å². The first kappa shape index (κ1) is 4.85. The molecule has 47 valence electrons. The zero-order valence-corrected chi connectivity index (χ0v) is 4.95. The largest absolute Gasteiger partial charge is 0.389 e. The van der Waals surface area contributed by atoms with E-state index in [9.17, 15) is 0 Å². The summed E-state index contributed by atoms with van der Waals surface area (Å²) in [5, 5.41) is 3.92. The Hall–Kier alpha value is -0.990. The van der Waals surface area contributed by atoms with Crippen molar-refractivity contribution in [2.45, 2.75) is 12.8 Å². The third-order valence-electron chi connectivity index (χ3n) is 1.38. The van der Waals surface area contributed by atoms with Crippen LogP contribution in [-0.2, 0) is 6.42 Å². The van der Waals surface area contributed by atoms with Crippen molar-refractivity contribution in [2.24, 2.45) is 0 Å². The van der Waals surface area contributed by atoms with Gasteiger partial charge in [-0.25, -0.2) is 0 Å². The molecule has 0 atom stereocenters. The van der Waals surface area contributed by atoms with Gasteiger partial charge in [0, 0.05) is 0 Å². The fourth-order valence-electron chi connectivity index (χ4n) is 0.922. The molecular weight excluding hydrogens is 116 g/mol. The highest BCUT2D eigenvalue weighted by Crippen LogP contribution is 2.07. The Bertz CT molecular complexity index is 186. The van der Waals surface area contributed by atoms with E-state index in [2.05, 4.69) is 5.10 Å². The second-order valence-corrected chi connectivity index (χ2v) is 2.01. The van der Waals surface area contributed by atoms with Gasteiger partial charge < -0.3 is 4.84 Å². The zero-order chi connectivity index (χ0) is 6.10. The Morgan fingerprint density at radius 2 is 2.67 bits per heavy atom. The second kappa shape index (κ2) is 1.76. The SMILES string of the molecule is [CH]1CCc2ccnn2O1. The maximum Gasteiger partial charge on any atom is 0.167 e. The molecule has 0 saturated heterocycles. The summed E-state index contributed by atoms with van der Waals surface area (Å²) in [5.41, 5.74) is 1.15. The molecule has 3 heteroatoms. The van der Waals surface area contributed by atoms with Gasteiger partial charge in [0.25, 0.3) is 0 Å². The molecule has 1 aromatic heterocycles.